The quantitative estimate of drug-likeness (QED) is 0.445. The van der Waals surface area contributed by atoms with Gasteiger partial charge in [-0.1, -0.05) is 13.8 Å². The summed E-state index contributed by atoms with van der Waals surface area (Å²) in [5, 5.41) is 13.8. The Labute approximate surface area is 175 Å². The zero-order valence-corrected chi connectivity index (χ0v) is 17.4. The number of hydrogen-bond acceptors (Lipinski definition) is 7. The Hall–Kier alpha value is -3.11. The van der Waals surface area contributed by atoms with Crippen LogP contribution in [-0.4, -0.2) is 38.2 Å². The van der Waals surface area contributed by atoms with Gasteiger partial charge in [-0.25, -0.2) is 4.79 Å². The van der Waals surface area contributed by atoms with Crippen LogP contribution in [0, 0.1) is 9.87 Å². The van der Waals surface area contributed by atoms with Crippen molar-refractivity contribution >= 4 is 45.6 Å². The van der Waals surface area contributed by atoms with Crippen LogP contribution in [0.5, 0.6) is 5.75 Å². The second kappa shape index (κ2) is 8.10. The lowest BCUT2D eigenvalue weighted by Gasteiger charge is -2.24. The highest BCUT2D eigenvalue weighted by Gasteiger charge is 2.20. The van der Waals surface area contributed by atoms with Gasteiger partial charge in [0.15, 0.2) is 3.95 Å². The number of aromatic nitrogens is 5. The molecule has 148 valence electrons. The number of carbonyl (C=O) groups excluding carboxylic acids is 1. The van der Waals surface area contributed by atoms with Crippen LogP contribution in [0.15, 0.2) is 42.5 Å². The number of thiazole rings is 1. The summed E-state index contributed by atoms with van der Waals surface area (Å²) < 4.78 is 7.32. The summed E-state index contributed by atoms with van der Waals surface area (Å²) in [7, 11) is 0. The van der Waals surface area contributed by atoms with Gasteiger partial charge < -0.3 is 9.72 Å². The number of amides is 1. The summed E-state index contributed by atoms with van der Waals surface area (Å²) >= 11 is 6.69. The molecule has 10 heteroatoms. The average Bonchev–Trinajstić information content (AvgIpc) is 3.34. The second-order valence-corrected chi connectivity index (χ2v) is 8.55. The van der Waals surface area contributed by atoms with Crippen LogP contribution in [0.1, 0.15) is 13.8 Å². The zero-order chi connectivity index (χ0) is 20.4. The molecule has 29 heavy (non-hydrogen) atoms. The molecule has 0 saturated carbocycles. The first-order valence-electron chi connectivity index (χ1n) is 8.95. The lowest BCUT2D eigenvalue weighted by molar-refractivity contribution is 0.206. The van der Waals surface area contributed by atoms with Crippen molar-refractivity contribution in [2.75, 3.05) is 11.4 Å². The molecule has 0 aliphatic carbocycles. The summed E-state index contributed by atoms with van der Waals surface area (Å²) in [4.78, 5) is 17.7. The van der Waals surface area contributed by atoms with E-state index in [2.05, 4.69) is 39.5 Å². The van der Waals surface area contributed by atoms with Crippen molar-refractivity contribution in [2.45, 2.75) is 13.8 Å². The third kappa shape index (κ3) is 4.33. The fraction of sp³-hybridized carbons (Fsp3) is 0.211. The maximum Gasteiger partial charge on any atom is 0.419 e. The highest BCUT2D eigenvalue weighted by molar-refractivity contribution is 7.73. The van der Waals surface area contributed by atoms with Gasteiger partial charge >= 0.3 is 6.09 Å². The molecule has 0 fully saturated rings. The van der Waals surface area contributed by atoms with Crippen LogP contribution in [0.25, 0.3) is 21.6 Å². The smallest absolute Gasteiger partial charge is 0.410 e. The van der Waals surface area contributed by atoms with E-state index < -0.39 is 6.09 Å². The lowest BCUT2D eigenvalue weighted by Crippen LogP contribution is -2.36. The van der Waals surface area contributed by atoms with E-state index in [4.69, 9.17) is 17.0 Å². The molecular weight excluding hydrogens is 408 g/mol. The summed E-state index contributed by atoms with van der Waals surface area (Å²) in [6.45, 7) is 4.64. The molecular formula is C19H18N6O2S2. The molecule has 0 aliphatic heterocycles. The molecule has 2 heterocycles. The van der Waals surface area contributed by atoms with Crippen LogP contribution < -0.4 is 9.64 Å². The lowest BCUT2D eigenvalue weighted by atomic mass is 10.2. The Balaban J connectivity index is 1.57. The number of aromatic amines is 2. The second-order valence-electron chi connectivity index (χ2n) is 6.83. The number of H-pyrrole nitrogens is 2. The third-order valence-corrected chi connectivity index (χ3v) is 5.34. The molecule has 0 unspecified atom stereocenters. The van der Waals surface area contributed by atoms with Crippen LogP contribution in [0.2, 0.25) is 0 Å². The molecule has 0 radical (unpaired) electrons. The van der Waals surface area contributed by atoms with Crippen molar-refractivity contribution in [3.8, 4) is 17.1 Å². The van der Waals surface area contributed by atoms with E-state index in [-0.39, 0.29) is 5.92 Å². The normalized spacial score (nSPS) is 11.1. The van der Waals surface area contributed by atoms with E-state index in [0.717, 1.165) is 21.5 Å². The molecule has 0 bridgehead atoms. The van der Waals surface area contributed by atoms with Crippen molar-refractivity contribution in [3.63, 3.8) is 0 Å². The molecule has 0 saturated heterocycles. The van der Waals surface area contributed by atoms with Crippen LogP contribution >= 0.6 is 23.6 Å². The molecule has 0 spiro atoms. The van der Waals surface area contributed by atoms with Crippen molar-refractivity contribution < 1.29 is 9.53 Å². The highest BCUT2D eigenvalue weighted by atomic mass is 32.1. The molecule has 2 N–H and O–H groups in total. The van der Waals surface area contributed by atoms with Gasteiger partial charge in [-0.3, -0.25) is 4.90 Å². The van der Waals surface area contributed by atoms with Crippen molar-refractivity contribution in [2.24, 2.45) is 5.92 Å². The van der Waals surface area contributed by atoms with Gasteiger partial charge in [0.25, 0.3) is 0 Å². The van der Waals surface area contributed by atoms with Crippen LogP contribution in [0.3, 0.4) is 0 Å². The molecule has 2 aromatic heterocycles. The minimum absolute atomic E-state index is 0.267. The van der Waals surface area contributed by atoms with Gasteiger partial charge in [-0.05, 0) is 65.8 Å². The SMILES string of the molecule is CC(C)CN(C(=O)Oc1ccc(-c2nn[nH]n2)cc1)c1ccc2[nH]c(=S)sc2c1. The van der Waals surface area contributed by atoms with E-state index in [0.29, 0.717) is 22.1 Å². The number of rotatable bonds is 5. The maximum absolute atomic E-state index is 12.9. The van der Waals surface area contributed by atoms with E-state index in [1.807, 2.05) is 18.2 Å². The Bertz CT molecular complexity index is 1180. The molecule has 1 amide bonds. The molecule has 4 aromatic rings. The highest BCUT2D eigenvalue weighted by Crippen LogP contribution is 2.27. The average molecular weight is 427 g/mol. The number of tetrazole rings is 1. The predicted octanol–water partition coefficient (Wildman–Crippen LogP) is 4.80. The number of ether oxygens (including phenoxy) is 1. The zero-order valence-electron chi connectivity index (χ0n) is 15.7. The molecule has 0 atom stereocenters. The number of carbonyl (C=O) groups is 1. The third-order valence-electron chi connectivity index (χ3n) is 4.15. The first-order valence-corrected chi connectivity index (χ1v) is 10.2. The summed E-state index contributed by atoms with van der Waals surface area (Å²) in [6.07, 6.45) is -0.440. The van der Waals surface area contributed by atoms with Gasteiger partial charge in [0.2, 0.25) is 5.82 Å². The Morgan fingerprint density at radius 2 is 2.03 bits per heavy atom. The first kappa shape index (κ1) is 19.2. The molecule has 4 rings (SSSR count). The van der Waals surface area contributed by atoms with Gasteiger partial charge in [0, 0.05) is 17.8 Å². The van der Waals surface area contributed by atoms with Crippen LogP contribution in [0.4, 0.5) is 10.5 Å². The topological polar surface area (TPSA) is 99.8 Å². The van der Waals surface area contributed by atoms with Crippen LogP contribution in [-0.2, 0) is 0 Å². The van der Waals surface area contributed by atoms with E-state index in [9.17, 15) is 4.79 Å². The monoisotopic (exact) mass is 426 g/mol. The first-order chi connectivity index (χ1) is 14.0. The fourth-order valence-corrected chi connectivity index (χ4v) is 4.01. The minimum atomic E-state index is -0.440. The number of anilines is 1. The standard InChI is InChI=1S/C19H18N6O2S2/c1-11(2)10-25(13-5-8-15-16(9-13)29-18(28)20-15)19(26)27-14-6-3-12(4-7-14)17-21-23-24-22-17/h3-9,11H,10H2,1-2H3,(H,20,28)(H,21,22,23,24). The Morgan fingerprint density at radius 3 is 2.72 bits per heavy atom. The van der Waals surface area contributed by atoms with E-state index in [1.165, 1.54) is 11.3 Å². The Morgan fingerprint density at radius 1 is 1.24 bits per heavy atom. The van der Waals surface area contributed by atoms with Gasteiger partial charge in [0.05, 0.1) is 10.2 Å². The summed E-state index contributed by atoms with van der Waals surface area (Å²) in [6, 6.07) is 12.7. The van der Waals surface area contributed by atoms with Crippen molar-refractivity contribution in [1.29, 1.82) is 0 Å². The van der Waals surface area contributed by atoms with Crippen molar-refractivity contribution in [3.05, 3.63) is 46.4 Å². The van der Waals surface area contributed by atoms with Crippen molar-refractivity contribution in [1.82, 2.24) is 25.6 Å². The largest absolute Gasteiger partial charge is 0.419 e. The molecule has 8 nitrogen and oxygen atoms in total. The van der Waals surface area contributed by atoms with E-state index >= 15 is 0 Å². The maximum atomic E-state index is 12.9. The number of hydrogen-bond donors (Lipinski definition) is 2. The summed E-state index contributed by atoms with van der Waals surface area (Å²) in [5.74, 6) is 1.18. The fourth-order valence-electron chi connectivity index (χ4n) is 2.86. The predicted molar refractivity (Wildman–Crippen MR) is 115 cm³/mol. The van der Waals surface area contributed by atoms with Gasteiger partial charge in [0.1, 0.15) is 5.75 Å². The number of nitrogens with one attached hydrogen (secondary N) is 2. The number of fused-ring (bicyclic) bond motifs is 1. The number of benzene rings is 2. The summed E-state index contributed by atoms with van der Waals surface area (Å²) in [5.41, 5.74) is 2.50. The van der Waals surface area contributed by atoms with Gasteiger partial charge in [-0.2, -0.15) is 5.21 Å². The minimum Gasteiger partial charge on any atom is -0.410 e. The molecule has 0 aliphatic rings. The number of nitrogens with zero attached hydrogens (tertiary/aromatic N) is 4. The van der Waals surface area contributed by atoms with E-state index in [1.54, 1.807) is 29.2 Å². The van der Waals surface area contributed by atoms with Gasteiger partial charge in [-0.15, -0.1) is 21.5 Å². The molecule has 2 aromatic carbocycles. The Kier molecular flexibility index (Phi) is 5.36.